The van der Waals surface area contributed by atoms with Gasteiger partial charge in [0, 0.05) is 48.5 Å². The molecule has 8 aromatic rings. The smallest absolute Gasteiger partial charge is 0.120 e. The van der Waals surface area contributed by atoms with Crippen LogP contribution in [0.5, 0.6) is 0 Å². The Bertz CT molecular complexity index is 2320. The molecule has 0 amide bonds. The number of pyridine rings is 2. The van der Waals surface area contributed by atoms with Gasteiger partial charge in [-0.25, -0.2) is 0 Å². The predicted molar refractivity (Wildman–Crippen MR) is 201 cm³/mol. The maximum Gasteiger partial charge on any atom is 0.120 e. The molecule has 0 aliphatic carbocycles. The number of para-hydroxylation sites is 1. The van der Waals surface area contributed by atoms with Crippen molar-refractivity contribution in [1.82, 2.24) is 19.5 Å². The van der Waals surface area contributed by atoms with Crippen LogP contribution in [0.4, 0.5) is 0 Å². The van der Waals surface area contributed by atoms with Gasteiger partial charge < -0.3 is 14.0 Å². The number of fused-ring (bicyclic) bond motifs is 4. The van der Waals surface area contributed by atoms with Crippen molar-refractivity contribution in [1.29, 1.82) is 0 Å². The molecule has 0 aliphatic rings. The molecule has 0 atom stereocenters. The molecule has 0 fully saturated rings. The second-order valence-corrected chi connectivity index (χ2v) is 19.1. The first-order valence-corrected chi connectivity index (χ1v) is 19.8. The number of imidazole rings is 1. The molecule has 7 heteroatoms. The minimum absolute atomic E-state index is 0. The monoisotopic (exact) mass is 835 g/mol. The number of aromatic nitrogens is 4. The van der Waals surface area contributed by atoms with E-state index >= 15 is 0 Å². The van der Waals surface area contributed by atoms with E-state index in [2.05, 4.69) is 117 Å². The summed E-state index contributed by atoms with van der Waals surface area (Å²) in [5, 5.41) is 3.60. The summed E-state index contributed by atoms with van der Waals surface area (Å²) in [5.74, 6) is 0.805. The summed E-state index contributed by atoms with van der Waals surface area (Å²) in [6, 6.07) is 43.6. The van der Waals surface area contributed by atoms with Gasteiger partial charge in [-0.2, -0.15) is 0 Å². The minimum Gasteiger partial charge on any atom is -0.501 e. The molecule has 247 valence electrons. The van der Waals surface area contributed by atoms with Crippen LogP contribution in [-0.4, -0.2) is 27.6 Å². The van der Waals surface area contributed by atoms with E-state index < -0.39 is 8.07 Å². The molecule has 0 N–H and O–H groups in total. The molecular formula is C42H38IrN4OSi-2. The SMILES string of the molecule is CC(C)(C)c1cc2c(cn1)nc(-c1[c-]ccc3c1oc1cc([Si](C)(C)C)ccc13)n2-c1ccccc1.[Ir].[c-]1ccccc1-c1ccccn1. The Balaban J connectivity index is 0.000000270. The van der Waals surface area contributed by atoms with Gasteiger partial charge in [0.2, 0.25) is 0 Å². The molecule has 4 aromatic carbocycles. The summed E-state index contributed by atoms with van der Waals surface area (Å²) in [7, 11) is -1.46. The van der Waals surface area contributed by atoms with Crippen LogP contribution in [0.15, 0.2) is 126 Å². The van der Waals surface area contributed by atoms with Crippen molar-refractivity contribution >= 4 is 46.2 Å². The third kappa shape index (κ3) is 6.93. The molecule has 49 heavy (non-hydrogen) atoms. The molecule has 0 saturated heterocycles. The van der Waals surface area contributed by atoms with Gasteiger partial charge in [0.1, 0.15) is 5.58 Å². The molecule has 1 radical (unpaired) electrons. The fourth-order valence-electron chi connectivity index (χ4n) is 5.85. The maximum absolute atomic E-state index is 6.56. The van der Waals surface area contributed by atoms with Gasteiger partial charge in [-0.3, -0.25) is 9.97 Å². The Morgan fingerprint density at radius 1 is 0.755 bits per heavy atom. The molecule has 4 aromatic heterocycles. The third-order valence-corrected chi connectivity index (χ3v) is 10.5. The standard InChI is InChI=1S/C31H30N3OSi.C11H8N.Ir/c1-31(2,3)28-18-26-25(19-32-28)33-30(34(26)20-11-8-7-9-12-20)24-14-10-13-23-22-16-15-21(36(4,5)6)17-27(22)35-29(23)24;1-2-6-10(7-3-1)11-8-4-5-9-12-11;/h7-13,15-19H,1-6H3;1-6,8-9H;/q2*-1;. The van der Waals surface area contributed by atoms with Gasteiger partial charge >= 0.3 is 0 Å². The molecule has 0 bridgehead atoms. The zero-order valence-corrected chi connectivity index (χ0v) is 32.0. The molecule has 0 aliphatic heterocycles. The average molecular weight is 835 g/mol. The van der Waals surface area contributed by atoms with E-state index in [0.29, 0.717) is 0 Å². The summed E-state index contributed by atoms with van der Waals surface area (Å²) in [4.78, 5) is 14.0. The Morgan fingerprint density at radius 3 is 2.22 bits per heavy atom. The summed E-state index contributed by atoms with van der Waals surface area (Å²) >= 11 is 0. The molecule has 5 nitrogen and oxygen atoms in total. The van der Waals surface area contributed by atoms with E-state index in [1.165, 1.54) is 5.19 Å². The topological polar surface area (TPSA) is 56.7 Å². The summed E-state index contributed by atoms with van der Waals surface area (Å²) in [6.45, 7) is 13.6. The first-order valence-electron chi connectivity index (χ1n) is 16.3. The van der Waals surface area contributed by atoms with Crippen LogP contribution < -0.4 is 5.19 Å². The van der Waals surface area contributed by atoms with Crippen molar-refractivity contribution in [2.45, 2.75) is 45.8 Å². The van der Waals surface area contributed by atoms with Gasteiger partial charge in [0.05, 0.1) is 36.7 Å². The van der Waals surface area contributed by atoms with E-state index in [-0.39, 0.29) is 25.5 Å². The van der Waals surface area contributed by atoms with Crippen molar-refractivity contribution in [2.75, 3.05) is 0 Å². The zero-order valence-electron chi connectivity index (χ0n) is 28.6. The Morgan fingerprint density at radius 2 is 1.53 bits per heavy atom. The molecule has 8 rings (SSSR count). The molecule has 0 unspecified atom stereocenters. The van der Waals surface area contributed by atoms with Crippen LogP contribution in [0, 0.1) is 12.1 Å². The van der Waals surface area contributed by atoms with Crippen LogP contribution in [0.3, 0.4) is 0 Å². The maximum atomic E-state index is 6.56. The van der Waals surface area contributed by atoms with Crippen LogP contribution >= 0.6 is 0 Å². The Hall–Kier alpha value is -4.68. The number of benzene rings is 4. The largest absolute Gasteiger partial charge is 0.501 e. The number of hydrogen-bond acceptors (Lipinski definition) is 4. The van der Waals surface area contributed by atoms with Crippen molar-refractivity contribution in [3.05, 3.63) is 139 Å². The van der Waals surface area contributed by atoms with E-state index in [1.807, 2.05) is 60.8 Å². The summed E-state index contributed by atoms with van der Waals surface area (Å²) < 4.78 is 8.77. The predicted octanol–water partition coefficient (Wildman–Crippen LogP) is 10.2. The van der Waals surface area contributed by atoms with E-state index in [1.54, 1.807) is 6.20 Å². The number of rotatable bonds is 4. The normalized spacial score (nSPS) is 11.7. The van der Waals surface area contributed by atoms with Gasteiger partial charge in [-0.15, -0.1) is 54.1 Å². The molecule has 0 spiro atoms. The first-order chi connectivity index (χ1) is 23.1. The Labute approximate surface area is 302 Å². The van der Waals surface area contributed by atoms with Crippen LogP contribution in [0.25, 0.3) is 61.3 Å². The second-order valence-electron chi connectivity index (χ2n) is 14.1. The number of nitrogens with zero attached hydrogens (tertiary/aromatic N) is 4. The fraction of sp³-hybridized carbons (Fsp3) is 0.167. The number of hydrogen-bond donors (Lipinski definition) is 0. The van der Waals surface area contributed by atoms with E-state index in [9.17, 15) is 0 Å². The van der Waals surface area contributed by atoms with Crippen LogP contribution in [-0.2, 0) is 25.5 Å². The van der Waals surface area contributed by atoms with Crippen LogP contribution in [0.2, 0.25) is 19.6 Å². The zero-order chi connectivity index (χ0) is 33.5. The summed E-state index contributed by atoms with van der Waals surface area (Å²) in [6.07, 6.45) is 3.67. The molecule has 0 saturated carbocycles. The first kappa shape index (κ1) is 34.2. The van der Waals surface area contributed by atoms with Crippen molar-refractivity contribution in [3.8, 4) is 28.3 Å². The van der Waals surface area contributed by atoms with E-state index in [0.717, 1.165) is 67.0 Å². The van der Waals surface area contributed by atoms with Gasteiger partial charge in [0.15, 0.2) is 0 Å². The molecule has 4 heterocycles. The van der Waals surface area contributed by atoms with Gasteiger partial charge in [0.25, 0.3) is 0 Å². The fourth-order valence-corrected chi connectivity index (χ4v) is 6.99. The minimum atomic E-state index is -1.46. The second kappa shape index (κ2) is 13.7. The third-order valence-electron chi connectivity index (χ3n) is 8.50. The molecular weight excluding hydrogens is 797 g/mol. The van der Waals surface area contributed by atoms with Gasteiger partial charge in [-0.1, -0.05) is 99.0 Å². The number of furan rings is 1. The van der Waals surface area contributed by atoms with Crippen LogP contribution in [0.1, 0.15) is 26.5 Å². The Kier molecular flexibility index (Phi) is 9.54. The van der Waals surface area contributed by atoms with Crippen molar-refractivity contribution < 1.29 is 24.5 Å². The van der Waals surface area contributed by atoms with Gasteiger partial charge in [-0.05, 0) is 36.0 Å². The average Bonchev–Trinajstić information content (AvgIpc) is 3.67. The summed E-state index contributed by atoms with van der Waals surface area (Å²) in [5.41, 5.74) is 8.49. The van der Waals surface area contributed by atoms with Crippen molar-refractivity contribution in [2.24, 2.45) is 0 Å². The van der Waals surface area contributed by atoms with Crippen molar-refractivity contribution in [3.63, 3.8) is 0 Å². The van der Waals surface area contributed by atoms with E-state index in [4.69, 9.17) is 14.4 Å². The quantitative estimate of drug-likeness (QED) is 0.131.